The molecule has 1 aromatic carbocycles. The summed E-state index contributed by atoms with van der Waals surface area (Å²) >= 11 is 6.09. The molecule has 1 heterocycles. The number of nitrogens with zero attached hydrogens (tertiary/aromatic N) is 2. The Morgan fingerprint density at radius 1 is 1.30 bits per heavy atom. The van der Waals surface area contributed by atoms with Gasteiger partial charge in [0.05, 0.1) is 10.6 Å². The van der Waals surface area contributed by atoms with Crippen LogP contribution in [-0.2, 0) is 9.84 Å². The minimum atomic E-state index is -3.25. The van der Waals surface area contributed by atoms with E-state index in [9.17, 15) is 8.42 Å². The number of rotatable bonds is 6. The van der Waals surface area contributed by atoms with Crippen molar-refractivity contribution in [3.8, 4) is 0 Å². The van der Waals surface area contributed by atoms with E-state index >= 15 is 0 Å². The summed E-state index contributed by atoms with van der Waals surface area (Å²) in [5.74, 6) is 0.532. The quantitative estimate of drug-likeness (QED) is 0.760. The Balaban J connectivity index is 1.94. The Hall–Kier alpha value is -0.640. The molecule has 2 aromatic rings. The van der Waals surface area contributed by atoms with Gasteiger partial charge in [0.1, 0.15) is 0 Å². The van der Waals surface area contributed by atoms with E-state index in [0.29, 0.717) is 10.6 Å². The molecule has 0 saturated carbocycles. The van der Waals surface area contributed by atoms with E-state index in [-0.39, 0.29) is 5.75 Å². The van der Waals surface area contributed by atoms with Crippen LogP contribution in [0.15, 0.2) is 38.0 Å². The van der Waals surface area contributed by atoms with Crippen molar-refractivity contribution in [1.82, 2.24) is 10.2 Å². The van der Waals surface area contributed by atoms with Crippen LogP contribution in [0.4, 0.5) is 5.13 Å². The van der Waals surface area contributed by atoms with E-state index in [1.165, 1.54) is 23.1 Å². The van der Waals surface area contributed by atoms with Crippen molar-refractivity contribution in [3.05, 3.63) is 28.7 Å². The Kier molecular flexibility index (Phi) is 5.42. The van der Waals surface area contributed by atoms with E-state index in [0.717, 1.165) is 13.9 Å². The molecule has 0 atom stereocenters. The molecule has 2 rings (SSSR count). The molecule has 0 unspecified atom stereocenters. The maximum atomic E-state index is 12.1. The third-order valence-corrected chi connectivity index (χ3v) is 6.97. The van der Waals surface area contributed by atoms with E-state index in [1.54, 1.807) is 31.3 Å². The fourth-order valence-electron chi connectivity index (χ4n) is 1.37. The SMILES string of the molecule is CNc1nnc(SCCS(=O)(=O)c2ccc(Br)cc2)s1. The molecule has 0 aliphatic carbocycles. The molecule has 0 radical (unpaired) electrons. The number of aromatic nitrogens is 2. The minimum Gasteiger partial charge on any atom is -0.363 e. The summed E-state index contributed by atoms with van der Waals surface area (Å²) in [7, 11) is -1.48. The van der Waals surface area contributed by atoms with Crippen molar-refractivity contribution >= 4 is 54.0 Å². The van der Waals surface area contributed by atoms with Gasteiger partial charge in [0.25, 0.3) is 0 Å². The lowest BCUT2D eigenvalue weighted by atomic mass is 10.4. The summed E-state index contributed by atoms with van der Waals surface area (Å²) in [5.41, 5.74) is 0. The molecule has 1 aromatic heterocycles. The van der Waals surface area contributed by atoms with Crippen molar-refractivity contribution < 1.29 is 8.42 Å². The minimum absolute atomic E-state index is 0.0771. The van der Waals surface area contributed by atoms with Crippen molar-refractivity contribution in [1.29, 1.82) is 0 Å². The van der Waals surface area contributed by atoms with E-state index in [2.05, 4.69) is 31.4 Å². The highest BCUT2D eigenvalue weighted by atomic mass is 79.9. The van der Waals surface area contributed by atoms with Crippen LogP contribution in [0.1, 0.15) is 0 Å². The van der Waals surface area contributed by atoms with Gasteiger partial charge in [0.15, 0.2) is 14.2 Å². The smallest absolute Gasteiger partial charge is 0.206 e. The fourth-order valence-corrected chi connectivity index (χ4v) is 5.06. The maximum absolute atomic E-state index is 12.1. The molecule has 0 fully saturated rings. The van der Waals surface area contributed by atoms with Crippen molar-refractivity contribution in [2.24, 2.45) is 0 Å². The van der Waals surface area contributed by atoms with Crippen LogP contribution in [0, 0.1) is 0 Å². The predicted octanol–water partition coefficient (Wildman–Crippen LogP) is 2.91. The molecule has 0 aliphatic rings. The second-order valence-electron chi connectivity index (χ2n) is 3.74. The average Bonchev–Trinajstić information content (AvgIpc) is 2.87. The van der Waals surface area contributed by atoms with Gasteiger partial charge in [-0.05, 0) is 24.3 Å². The van der Waals surface area contributed by atoms with Crippen LogP contribution >= 0.6 is 39.0 Å². The monoisotopic (exact) mass is 393 g/mol. The zero-order valence-corrected chi connectivity index (χ0v) is 14.6. The zero-order valence-electron chi connectivity index (χ0n) is 10.5. The summed E-state index contributed by atoms with van der Waals surface area (Å²) in [6.07, 6.45) is 0. The van der Waals surface area contributed by atoms with Crippen LogP contribution in [0.3, 0.4) is 0 Å². The first kappa shape index (κ1) is 15.7. The lowest BCUT2D eigenvalue weighted by Crippen LogP contribution is -2.08. The molecule has 1 N–H and O–H groups in total. The first-order valence-corrected chi connectivity index (χ1v) is 9.88. The molecule has 108 valence electrons. The van der Waals surface area contributed by atoms with Crippen molar-refractivity contribution in [2.45, 2.75) is 9.24 Å². The first-order chi connectivity index (χ1) is 9.51. The Bertz CT molecular complexity index is 670. The Morgan fingerprint density at radius 2 is 2.00 bits per heavy atom. The standard InChI is InChI=1S/C11H12BrN3O2S3/c1-13-10-14-15-11(19-10)18-6-7-20(16,17)9-4-2-8(12)3-5-9/h2-5H,6-7H2,1H3,(H,13,14). The zero-order chi connectivity index (χ0) is 14.6. The molecule has 0 spiro atoms. The van der Waals surface area contributed by atoms with Crippen LogP contribution in [0.2, 0.25) is 0 Å². The van der Waals surface area contributed by atoms with Crippen LogP contribution in [-0.4, -0.2) is 37.2 Å². The highest BCUT2D eigenvalue weighted by Gasteiger charge is 2.14. The number of hydrogen-bond acceptors (Lipinski definition) is 7. The number of sulfone groups is 1. The van der Waals surface area contributed by atoms with E-state index in [4.69, 9.17) is 0 Å². The molecular weight excluding hydrogens is 382 g/mol. The number of halogens is 1. The second-order valence-corrected chi connectivity index (χ2v) is 9.09. The summed E-state index contributed by atoms with van der Waals surface area (Å²) in [6.45, 7) is 0. The summed E-state index contributed by atoms with van der Waals surface area (Å²) in [5, 5.41) is 11.5. The number of anilines is 1. The third-order valence-electron chi connectivity index (χ3n) is 2.37. The van der Waals surface area contributed by atoms with Gasteiger partial charge in [-0.25, -0.2) is 8.42 Å². The Morgan fingerprint density at radius 3 is 2.60 bits per heavy atom. The van der Waals surface area contributed by atoms with Gasteiger partial charge < -0.3 is 5.32 Å². The van der Waals surface area contributed by atoms with E-state index in [1.807, 2.05) is 0 Å². The average molecular weight is 394 g/mol. The predicted molar refractivity (Wildman–Crippen MR) is 86.4 cm³/mol. The van der Waals surface area contributed by atoms with Crippen LogP contribution in [0.5, 0.6) is 0 Å². The second kappa shape index (κ2) is 6.88. The first-order valence-electron chi connectivity index (χ1n) is 5.63. The highest BCUT2D eigenvalue weighted by Crippen LogP contribution is 2.26. The summed E-state index contributed by atoms with van der Waals surface area (Å²) < 4.78 is 25.9. The third kappa shape index (κ3) is 4.18. The van der Waals surface area contributed by atoms with E-state index < -0.39 is 9.84 Å². The van der Waals surface area contributed by atoms with Crippen LogP contribution in [0.25, 0.3) is 0 Å². The normalized spacial score (nSPS) is 11.5. The number of hydrogen-bond donors (Lipinski definition) is 1. The molecule has 0 amide bonds. The molecule has 20 heavy (non-hydrogen) atoms. The highest BCUT2D eigenvalue weighted by molar-refractivity contribution is 9.10. The summed E-state index contributed by atoms with van der Waals surface area (Å²) in [4.78, 5) is 0.342. The fraction of sp³-hybridized carbons (Fsp3) is 0.273. The molecule has 0 saturated heterocycles. The van der Waals surface area contributed by atoms with Gasteiger partial charge in [-0.15, -0.1) is 10.2 Å². The lowest BCUT2D eigenvalue weighted by Gasteiger charge is -2.03. The molecular formula is C11H12BrN3O2S3. The van der Waals surface area contributed by atoms with Gasteiger partial charge in [-0.2, -0.15) is 0 Å². The lowest BCUT2D eigenvalue weighted by molar-refractivity contribution is 0.597. The Labute approximate surface area is 134 Å². The number of nitrogens with one attached hydrogen (secondary N) is 1. The molecule has 5 nitrogen and oxygen atoms in total. The van der Waals surface area contributed by atoms with Gasteiger partial charge in [-0.1, -0.05) is 39.0 Å². The molecule has 0 aliphatic heterocycles. The number of benzene rings is 1. The van der Waals surface area contributed by atoms with Crippen molar-refractivity contribution in [3.63, 3.8) is 0 Å². The van der Waals surface area contributed by atoms with Gasteiger partial charge >= 0.3 is 0 Å². The van der Waals surface area contributed by atoms with Gasteiger partial charge in [0, 0.05) is 17.3 Å². The molecule has 9 heteroatoms. The summed E-state index contributed by atoms with van der Waals surface area (Å²) in [6, 6.07) is 6.66. The largest absolute Gasteiger partial charge is 0.363 e. The van der Waals surface area contributed by atoms with Crippen molar-refractivity contribution in [2.75, 3.05) is 23.9 Å². The number of thioether (sulfide) groups is 1. The van der Waals surface area contributed by atoms with Gasteiger partial charge in [0.2, 0.25) is 5.13 Å². The molecule has 0 bridgehead atoms. The van der Waals surface area contributed by atoms with Gasteiger partial charge in [-0.3, -0.25) is 0 Å². The van der Waals surface area contributed by atoms with Crippen LogP contribution < -0.4 is 5.32 Å². The maximum Gasteiger partial charge on any atom is 0.206 e. The topological polar surface area (TPSA) is 72.0 Å².